The predicted molar refractivity (Wildman–Crippen MR) is 130 cm³/mol. The zero-order chi connectivity index (χ0) is 23.1. The van der Waals surface area contributed by atoms with E-state index in [1.165, 1.54) is 18.3 Å². The summed E-state index contributed by atoms with van der Waals surface area (Å²) in [4.78, 5) is 33.0. The molecule has 2 aromatic heterocycles. The molecule has 0 saturated heterocycles. The highest BCUT2D eigenvalue weighted by Crippen LogP contribution is 2.37. The number of halogens is 2. The minimum Gasteiger partial charge on any atom is -0.385 e. The van der Waals surface area contributed by atoms with Gasteiger partial charge in [0.1, 0.15) is 11.6 Å². The molecule has 5 nitrogen and oxygen atoms in total. The number of anilines is 1. The number of nitrogens with one attached hydrogen (secondary N) is 2. The van der Waals surface area contributed by atoms with Crippen molar-refractivity contribution >= 4 is 44.2 Å². The van der Waals surface area contributed by atoms with Crippen molar-refractivity contribution in [3.63, 3.8) is 0 Å². The van der Waals surface area contributed by atoms with Crippen LogP contribution in [-0.2, 0) is 0 Å². The van der Waals surface area contributed by atoms with E-state index in [1.54, 1.807) is 30.3 Å². The van der Waals surface area contributed by atoms with Gasteiger partial charge in [0.2, 0.25) is 5.78 Å². The lowest BCUT2D eigenvalue weighted by Crippen LogP contribution is -2.06. The van der Waals surface area contributed by atoms with Gasteiger partial charge in [-0.05, 0) is 35.9 Å². The average Bonchev–Trinajstić information content (AvgIpc) is 3.39. The Kier molecular flexibility index (Phi) is 5.18. The number of carbonyl (C=O) groups is 2. The Morgan fingerprint density at radius 2 is 1.70 bits per heavy atom. The van der Waals surface area contributed by atoms with Gasteiger partial charge in [-0.2, -0.15) is 0 Å². The average molecular weight is 502 g/mol. The molecule has 5 aromatic rings. The van der Waals surface area contributed by atoms with Crippen LogP contribution in [0.15, 0.2) is 83.5 Å². The quantitative estimate of drug-likeness (QED) is 0.253. The van der Waals surface area contributed by atoms with Crippen LogP contribution in [0.25, 0.3) is 22.0 Å². The van der Waals surface area contributed by atoms with Gasteiger partial charge in [0.25, 0.3) is 0 Å². The van der Waals surface area contributed by atoms with E-state index in [0.717, 1.165) is 4.47 Å². The van der Waals surface area contributed by atoms with Crippen LogP contribution < -0.4 is 5.73 Å². The maximum Gasteiger partial charge on any atom is 0.209 e. The summed E-state index contributed by atoms with van der Waals surface area (Å²) in [5, 5.41) is 0.568. The maximum absolute atomic E-state index is 13.7. The molecule has 7 heteroatoms. The van der Waals surface area contributed by atoms with Crippen LogP contribution in [0.1, 0.15) is 32.0 Å². The molecular weight excluding hydrogens is 485 g/mol. The fourth-order valence-electron chi connectivity index (χ4n) is 4.01. The predicted octanol–water partition coefficient (Wildman–Crippen LogP) is 6.11. The van der Waals surface area contributed by atoms with Crippen LogP contribution in [-0.4, -0.2) is 21.5 Å². The first kappa shape index (κ1) is 20.9. The number of ketones is 2. The lowest BCUT2D eigenvalue weighted by molar-refractivity contribution is 0.103. The standard InChI is InChI=1S/C26H17BrFN3O2/c27-16-8-4-7-15(11-16)21-22(25(33)19-13-30-20-12-17(28)9-10-18(19)20)26(29)31-23(21)24(32)14-5-2-1-3-6-14/h1-13,30-31H,29H2. The highest BCUT2D eigenvalue weighted by atomic mass is 79.9. The number of hydrogen-bond donors (Lipinski definition) is 3. The minimum atomic E-state index is -0.407. The third-order valence-electron chi connectivity index (χ3n) is 5.52. The normalized spacial score (nSPS) is 11.1. The van der Waals surface area contributed by atoms with Crippen LogP contribution in [0.3, 0.4) is 0 Å². The Hall–Kier alpha value is -3.97. The second kappa shape index (κ2) is 8.18. The first-order valence-electron chi connectivity index (χ1n) is 10.1. The number of carbonyl (C=O) groups excluding carboxylic acids is 2. The number of benzene rings is 3. The number of rotatable bonds is 5. The van der Waals surface area contributed by atoms with Gasteiger partial charge >= 0.3 is 0 Å². The van der Waals surface area contributed by atoms with Gasteiger partial charge in [0.15, 0.2) is 5.78 Å². The number of aromatic amines is 2. The molecule has 0 spiro atoms. The number of aromatic nitrogens is 2. The minimum absolute atomic E-state index is 0.0886. The van der Waals surface area contributed by atoms with Crippen molar-refractivity contribution in [2.24, 2.45) is 0 Å². The summed E-state index contributed by atoms with van der Waals surface area (Å²) in [5.74, 6) is -0.971. The lowest BCUT2D eigenvalue weighted by atomic mass is 9.93. The Morgan fingerprint density at radius 1 is 0.909 bits per heavy atom. The van der Waals surface area contributed by atoms with E-state index >= 15 is 0 Å². The zero-order valence-electron chi connectivity index (χ0n) is 17.2. The topological polar surface area (TPSA) is 91.7 Å². The molecule has 0 bridgehead atoms. The Morgan fingerprint density at radius 3 is 2.45 bits per heavy atom. The third kappa shape index (κ3) is 3.66. The van der Waals surface area contributed by atoms with Gasteiger partial charge in [0.05, 0.1) is 11.3 Å². The largest absolute Gasteiger partial charge is 0.385 e. The van der Waals surface area contributed by atoms with Crippen LogP contribution in [0, 0.1) is 5.82 Å². The molecule has 4 N–H and O–H groups in total. The summed E-state index contributed by atoms with van der Waals surface area (Å²) in [7, 11) is 0. The molecule has 0 aliphatic heterocycles. The van der Waals surface area contributed by atoms with Crippen molar-refractivity contribution in [2.45, 2.75) is 0 Å². The van der Waals surface area contributed by atoms with Gasteiger partial charge in [-0.25, -0.2) is 4.39 Å². The molecule has 0 radical (unpaired) electrons. The van der Waals surface area contributed by atoms with Gasteiger partial charge in [-0.15, -0.1) is 0 Å². The number of H-pyrrole nitrogens is 2. The summed E-state index contributed by atoms with van der Waals surface area (Å²) in [6.45, 7) is 0. The van der Waals surface area contributed by atoms with E-state index in [-0.39, 0.29) is 28.6 Å². The second-order valence-corrected chi connectivity index (χ2v) is 8.51. The molecule has 3 aromatic carbocycles. The zero-order valence-corrected chi connectivity index (χ0v) is 18.7. The van der Waals surface area contributed by atoms with Gasteiger partial charge in [0, 0.05) is 38.3 Å². The highest BCUT2D eigenvalue weighted by Gasteiger charge is 2.29. The Balaban J connectivity index is 1.74. The van der Waals surface area contributed by atoms with Crippen LogP contribution in [0.5, 0.6) is 0 Å². The fraction of sp³-hybridized carbons (Fsp3) is 0. The molecule has 0 aliphatic rings. The lowest BCUT2D eigenvalue weighted by Gasteiger charge is -2.08. The Bertz CT molecular complexity index is 1540. The molecule has 0 saturated carbocycles. The summed E-state index contributed by atoms with van der Waals surface area (Å²) in [6, 6.07) is 20.3. The molecule has 0 atom stereocenters. The molecule has 0 unspecified atom stereocenters. The Labute approximate surface area is 196 Å². The fourth-order valence-corrected chi connectivity index (χ4v) is 4.41. The van der Waals surface area contributed by atoms with Gasteiger partial charge < -0.3 is 15.7 Å². The van der Waals surface area contributed by atoms with Crippen molar-refractivity contribution in [3.8, 4) is 11.1 Å². The maximum atomic E-state index is 13.7. The first-order chi connectivity index (χ1) is 15.9. The van der Waals surface area contributed by atoms with Crippen molar-refractivity contribution in [1.82, 2.24) is 9.97 Å². The second-order valence-electron chi connectivity index (χ2n) is 7.59. The van der Waals surface area contributed by atoms with E-state index in [4.69, 9.17) is 5.73 Å². The summed E-state index contributed by atoms with van der Waals surface area (Å²) in [6.07, 6.45) is 1.53. The smallest absolute Gasteiger partial charge is 0.209 e. The van der Waals surface area contributed by atoms with E-state index < -0.39 is 5.82 Å². The van der Waals surface area contributed by atoms with Crippen LogP contribution >= 0.6 is 15.9 Å². The molecule has 33 heavy (non-hydrogen) atoms. The van der Waals surface area contributed by atoms with E-state index in [1.807, 2.05) is 30.3 Å². The van der Waals surface area contributed by atoms with Crippen LogP contribution in [0.2, 0.25) is 0 Å². The molecule has 0 aliphatic carbocycles. The summed E-state index contributed by atoms with van der Waals surface area (Å²) in [5.41, 5.74) is 9.10. The number of hydrogen-bond acceptors (Lipinski definition) is 3. The molecule has 0 fully saturated rings. The monoisotopic (exact) mass is 501 g/mol. The van der Waals surface area contributed by atoms with Gasteiger partial charge in [-0.3, -0.25) is 9.59 Å². The van der Waals surface area contributed by atoms with E-state index in [2.05, 4.69) is 25.9 Å². The van der Waals surface area contributed by atoms with E-state index in [0.29, 0.717) is 33.2 Å². The van der Waals surface area contributed by atoms with Crippen molar-refractivity contribution < 1.29 is 14.0 Å². The number of fused-ring (bicyclic) bond motifs is 1. The molecular formula is C26H17BrFN3O2. The third-order valence-corrected chi connectivity index (χ3v) is 6.01. The molecule has 0 amide bonds. The van der Waals surface area contributed by atoms with E-state index in [9.17, 15) is 14.0 Å². The molecule has 162 valence electrons. The van der Waals surface area contributed by atoms with Gasteiger partial charge in [-0.1, -0.05) is 58.4 Å². The van der Waals surface area contributed by atoms with Crippen molar-refractivity contribution in [2.75, 3.05) is 5.73 Å². The number of nitrogen functional groups attached to an aromatic ring is 1. The first-order valence-corrected chi connectivity index (χ1v) is 10.9. The SMILES string of the molecule is Nc1[nH]c(C(=O)c2ccccc2)c(-c2cccc(Br)c2)c1C(=O)c1c[nH]c2cc(F)ccc12. The van der Waals surface area contributed by atoms with Crippen molar-refractivity contribution in [1.29, 1.82) is 0 Å². The van der Waals surface area contributed by atoms with Crippen molar-refractivity contribution in [3.05, 3.63) is 112 Å². The molecule has 2 heterocycles. The number of nitrogens with two attached hydrogens (primary N) is 1. The summed E-state index contributed by atoms with van der Waals surface area (Å²) < 4.78 is 14.4. The van der Waals surface area contributed by atoms with Crippen LogP contribution in [0.4, 0.5) is 10.2 Å². The highest BCUT2D eigenvalue weighted by molar-refractivity contribution is 9.10. The summed E-state index contributed by atoms with van der Waals surface area (Å²) >= 11 is 3.46. The molecule has 5 rings (SSSR count).